The van der Waals surface area contributed by atoms with E-state index in [4.69, 9.17) is 0 Å². The third-order valence-corrected chi connectivity index (χ3v) is 2.52. The minimum atomic E-state index is -4.06. The molecule has 0 bridgehead atoms. The maximum atomic E-state index is 12.0. The number of nitrogens with one attached hydrogen (secondary N) is 1. The summed E-state index contributed by atoms with van der Waals surface area (Å²) in [5.74, 6) is 0. The van der Waals surface area contributed by atoms with Crippen molar-refractivity contribution >= 4 is 0 Å². The summed E-state index contributed by atoms with van der Waals surface area (Å²) in [6.07, 6.45) is -2.58. The quantitative estimate of drug-likeness (QED) is 0.849. The molecule has 0 aliphatic carbocycles. The highest BCUT2D eigenvalue weighted by Crippen LogP contribution is 2.25. The van der Waals surface area contributed by atoms with Crippen molar-refractivity contribution in [1.29, 1.82) is 0 Å². The SMILES string of the molecule is CNC(CCCC(F)(F)F)c1ccnn1C. The maximum Gasteiger partial charge on any atom is 0.389 e. The van der Waals surface area contributed by atoms with E-state index in [1.165, 1.54) is 0 Å². The van der Waals surface area contributed by atoms with Crippen molar-refractivity contribution in [2.24, 2.45) is 7.05 Å². The summed E-state index contributed by atoms with van der Waals surface area (Å²) in [6.45, 7) is 0. The fraction of sp³-hybridized carbons (Fsp3) is 0.700. The van der Waals surface area contributed by atoms with Crippen molar-refractivity contribution in [2.45, 2.75) is 31.5 Å². The molecule has 0 spiro atoms. The maximum absolute atomic E-state index is 12.0. The minimum absolute atomic E-state index is 0.0742. The van der Waals surface area contributed by atoms with E-state index < -0.39 is 12.6 Å². The molecule has 1 rings (SSSR count). The molecular weight excluding hydrogens is 219 g/mol. The van der Waals surface area contributed by atoms with Gasteiger partial charge in [-0.15, -0.1) is 0 Å². The molecule has 0 saturated heterocycles. The lowest BCUT2D eigenvalue weighted by atomic mass is 10.1. The van der Waals surface area contributed by atoms with Crippen molar-refractivity contribution in [2.75, 3.05) is 7.05 Å². The summed E-state index contributed by atoms with van der Waals surface area (Å²) >= 11 is 0. The summed E-state index contributed by atoms with van der Waals surface area (Å²) < 4.78 is 37.7. The van der Waals surface area contributed by atoms with Gasteiger partial charge in [0.1, 0.15) is 0 Å². The first-order chi connectivity index (χ1) is 7.44. The molecule has 1 aromatic heterocycles. The van der Waals surface area contributed by atoms with Gasteiger partial charge in [-0.25, -0.2) is 0 Å². The lowest BCUT2D eigenvalue weighted by molar-refractivity contribution is -0.135. The fourth-order valence-corrected chi connectivity index (χ4v) is 1.67. The summed E-state index contributed by atoms with van der Waals surface area (Å²) in [4.78, 5) is 0. The van der Waals surface area contributed by atoms with Crippen molar-refractivity contribution in [1.82, 2.24) is 15.1 Å². The van der Waals surface area contributed by atoms with Crippen LogP contribution in [0.2, 0.25) is 0 Å². The van der Waals surface area contributed by atoms with Gasteiger partial charge in [0.25, 0.3) is 0 Å². The van der Waals surface area contributed by atoms with Gasteiger partial charge in [-0.05, 0) is 26.0 Å². The first-order valence-corrected chi connectivity index (χ1v) is 5.16. The van der Waals surface area contributed by atoms with Crippen LogP contribution in [0.5, 0.6) is 0 Å². The number of nitrogens with zero attached hydrogens (tertiary/aromatic N) is 2. The van der Waals surface area contributed by atoms with Crippen LogP contribution in [0.3, 0.4) is 0 Å². The van der Waals surface area contributed by atoms with Crippen LogP contribution in [0.25, 0.3) is 0 Å². The Balaban J connectivity index is 2.48. The molecule has 0 saturated carbocycles. The van der Waals surface area contributed by atoms with Crippen LogP contribution in [0.15, 0.2) is 12.3 Å². The van der Waals surface area contributed by atoms with E-state index in [-0.39, 0.29) is 12.5 Å². The number of hydrogen-bond donors (Lipinski definition) is 1. The third-order valence-electron chi connectivity index (χ3n) is 2.52. The van der Waals surface area contributed by atoms with Crippen molar-refractivity contribution in [3.05, 3.63) is 18.0 Å². The minimum Gasteiger partial charge on any atom is -0.312 e. The Hall–Kier alpha value is -1.04. The standard InChI is InChI=1S/C10H16F3N3/c1-14-8(4-3-6-10(11,12)13)9-5-7-15-16(9)2/h5,7-8,14H,3-4,6H2,1-2H3. The van der Waals surface area contributed by atoms with Crippen LogP contribution in [0.4, 0.5) is 13.2 Å². The molecule has 0 radical (unpaired) electrons. The summed E-state index contributed by atoms with van der Waals surface area (Å²) in [5, 5.41) is 7.00. The first kappa shape index (κ1) is 13.0. The second-order valence-corrected chi connectivity index (χ2v) is 3.73. The Morgan fingerprint density at radius 1 is 1.50 bits per heavy atom. The molecule has 1 atom stereocenters. The first-order valence-electron chi connectivity index (χ1n) is 5.16. The zero-order chi connectivity index (χ0) is 12.2. The van der Waals surface area contributed by atoms with Crippen LogP contribution in [-0.2, 0) is 7.05 Å². The van der Waals surface area contributed by atoms with Crippen LogP contribution in [-0.4, -0.2) is 23.0 Å². The number of aryl methyl sites for hydroxylation is 1. The topological polar surface area (TPSA) is 29.9 Å². The molecule has 16 heavy (non-hydrogen) atoms. The largest absolute Gasteiger partial charge is 0.389 e. The molecule has 1 N–H and O–H groups in total. The van der Waals surface area contributed by atoms with E-state index in [9.17, 15) is 13.2 Å². The highest BCUT2D eigenvalue weighted by molar-refractivity contribution is 5.06. The highest BCUT2D eigenvalue weighted by Gasteiger charge is 2.27. The van der Waals surface area contributed by atoms with E-state index in [2.05, 4.69) is 10.4 Å². The Morgan fingerprint density at radius 3 is 2.62 bits per heavy atom. The van der Waals surface area contributed by atoms with Crippen LogP contribution < -0.4 is 5.32 Å². The molecule has 1 aromatic rings. The Kier molecular flexibility index (Phi) is 4.35. The molecule has 0 amide bonds. The van der Waals surface area contributed by atoms with Crippen LogP contribution >= 0.6 is 0 Å². The van der Waals surface area contributed by atoms with E-state index in [1.54, 1.807) is 25.0 Å². The van der Waals surface area contributed by atoms with Gasteiger partial charge in [-0.3, -0.25) is 4.68 Å². The number of hydrogen-bond acceptors (Lipinski definition) is 2. The molecule has 0 aromatic carbocycles. The van der Waals surface area contributed by atoms with E-state index in [0.29, 0.717) is 6.42 Å². The van der Waals surface area contributed by atoms with Gasteiger partial charge in [0.2, 0.25) is 0 Å². The summed E-state index contributed by atoms with van der Waals surface area (Å²) in [7, 11) is 3.52. The van der Waals surface area contributed by atoms with E-state index in [0.717, 1.165) is 5.69 Å². The van der Waals surface area contributed by atoms with Crippen molar-refractivity contribution in [3.8, 4) is 0 Å². The van der Waals surface area contributed by atoms with Crippen molar-refractivity contribution in [3.63, 3.8) is 0 Å². The normalized spacial score (nSPS) is 14.1. The van der Waals surface area contributed by atoms with Gasteiger partial charge in [-0.1, -0.05) is 0 Å². The lowest BCUT2D eigenvalue weighted by Gasteiger charge is -2.16. The molecular formula is C10H16F3N3. The lowest BCUT2D eigenvalue weighted by Crippen LogP contribution is -2.20. The van der Waals surface area contributed by atoms with Crippen molar-refractivity contribution < 1.29 is 13.2 Å². The second kappa shape index (κ2) is 5.34. The molecule has 6 heteroatoms. The van der Waals surface area contributed by atoms with Crippen LogP contribution in [0.1, 0.15) is 31.0 Å². The second-order valence-electron chi connectivity index (χ2n) is 3.73. The van der Waals surface area contributed by atoms with Gasteiger partial charge in [0, 0.05) is 25.7 Å². The number of alkyl halides is 3. The van der Waals surface area contributed by atoms with Gasteiger partial charge in [-0.2, -0.15) is 18.3 Å². The smallest absolute Gasteiger partial charge is 0.312 e. The Labute approximate surface area is 92.6 Å². The van der Waals surface area contributed by atoms with Gasteiger partial charge in [0.05, 0.1) is 5.69 Å². The Morgan fingerprint density at radius 2 is 2.19 bits per heavy atom. The van der Waals surface area contributed by atoms with E-state index in [1.807, 2.05) is 6.07 Å². The average Bonchev–Trinajstić information content (AvgIpc) is 2.58. The third kappa shape index (κ3) is 3.84. The number of halogens is 3. The summed E-state index contributed by atoms with van der Waals surface area (Å²) in [5.41, 5.74) is 0.907. The molecule has 0 fully saturated rings. The zero-order valence-corrected chi connectivity index (χ0v) is 9.38. The molecule has 3 nitrogen and oxygen atoms in total. The predicted molar refractivity (Wildman–Crippen MR) is 54.9 cm³/mol. The van der Waals surface area contributed by atoms with Crippen LogP contribution in [0, 0.1) is 0 Å². The Bertz CT molecular complexity index is 319. The number of rotatable bonds is 5. The van der Waals surface area contributed by atoms with E-state index >= 15 is 0 Å². The average molecular weight is 235 g/mol. The molecule has 92 valence electrons. The zero-order valence-electron chi connectivity index (χ0n) is 9.38. The molecule has 0 aliphatic rings. The fourth-order valence-electron chi connectivity index (χ4n) is 1.67. The molecule has 1 unspecified atom stereocenters. The van der Waals surface area contributed by atoms with Gasteiger partial charge < -0.3 is 5.32 Å². The summed E-state index contributed by atoms with van der Waals surface area (Å²) in [6, 6.07) is 1.74. The van der Waals surface area contributed by atoms with Gasteiger partial charge in [0.15, 0.2) is 0 Å². The molecule has 1 heterocycles. The predicted octanol–water partition coefficient (Wildman–Crippen LogP) is 2.41. The number of aromatic nitrogens is 2. The molecule has 0 aliphatic heterocycles. The monoisotopic (exact) mass is 235 g/mol. The van der Waals surface area contributed by atoms with Gasteiger partial charge >= 0.3 is 6.18 Å². The highest BCUT2D eigenvalue weighted by atomic mass is 19.4.